The summed E-state index contributed by atoms with van der Waals surface area (Å²) in [5.41, 5.74) is 1.77. The quantitative estimate of drug-likeness (QED) is 0.861. The average molecular weight is 229 g/mol. The number of hydrogen-bond acceptors (Lipinski definition) is 3. The van der Waals surface area contributed by atoms with Gasteiger partial charge in [-0.3, -0.25) is 0 Å². The Hall–Kier alpha value is -1.53. The summed E-state index contributed by atoms with van der Waals surface area (Å²) in [7, 11) is 0. The van der Waals surface area contributed by atoms with Crippen molar-refractivity contribution in [2.75, 3.05) is 31.5 Å². The lowest BCUT2D eigenvalue weighted by molar-refractivity contribution is 0.345. The summed E-state index contributed by atoms with van der Waals surface area (Å²) in [6.45, 7) is 6.79. The predicted octanol–water partition coefficient (Wildman–Crippen LogP) is 2.31. The molecule has 0 radical (unpaired) electrons. The van der Waals surface area contributed by atoms with E-state index in [0.29, 0.717) is 0 Å². The standard InChI is InChI=1S/C14H19N3/c1-2-17-7-6-13(11-17)10-16-14-5-3-4-12(8-14)9-15/h3-5,8,13,16H,2,6-7,10-11H2,1H3. The molecule has 1 fully saturated rings. The van der Waals surface area contributed by atoms with Crippen molar-refractivity contribution in [2.45, 2.75) is 13.3 Å². The van der Waals surface area contributed by atoms with Gasteiger partial charge < -0.3 is 10.2 Å². The van der Waals surface area contributed by atoms with Gasteiger partial charge in [-0.15, -0.1) is 0 Å². The van der Waals surface area contributed by atoms with Crippen LogP contribution in [-0.4, -0.2) is 31.1 Å². The molecule has 1 aliphatic rings. The van der Waals surface area contributed by atoms with Gasteiger partial charge in [0.05, 0.1) is 11.6 Å². The molecule has 1 heterocycles. The Kier molecular flexibility index (Phi) is 4.00. The van der Waals surface area contributed by atoms with Crippen LogP contribution in [0.5, 0.6) is 0 Å². The second-order valence-electron chi connectivity index (χ2n) is 4.62. The molecular formula is C14H19N3. The smallest absolute Gasteiger partial charge is 0.0992 e. The van der Waals surface area contributed by atoms with Crippen LogP contribution in [0.25, 0.3) is 0 Å². The maximum atomic E-state index is 8.82. The lowest BCUT2D eigenvalue weighted by Crippen LogP contribution is -2.22. The Morgan fingerprint density at radius 2 is 2.41 bits per heavy atom. The van der Waals surface area contributed by atoms with Crippen molar-refractivity contribution >= 4 is 5.69 Å². The lowest BCUT2D eigenvalue weighted by atomic mass is 10.1. The van der Waals surface area contributed by atoms with Crippen molar-refractivity contribution in [3.8, 4) is 6.07 Å². The van der Waals surface area contributed by atoms with Crippen molar-refractivity contribution in [3.05, 3.63) is 29.8 Å². The molecule has 0 spiro atoms. The number of hydrogen-bond donors (Lipinski definition) is 1. The number of rotatable bonds is 4. The van der Waals surface area contributed by atoms with Crippen molar-refractivity contribution in [2.24, 2.45) is 5.92 Å². The Morgan fingerprint density at radius 3 is 3.12 bits per heavy atom. The minimum Gasteiger partial charge on any atom is -0.385 e. The molecule has 17 heavy (non-hydrogen) atoms. The van der Waals surface area contributed by atoms with Gasteiger partial charge in [-0.05, 0) is 43.6 Å². The molecule has 90 valence electrons. The highest BCUT2D eigenvalue weighted by atomic mass is 15.1. The number of likely N-dealkylation sites (tertiary alicyclic amines) is 1. The van der Waals surface area contributed by atoms with E-state index in [-0.39, 0.29) is 0 Å². The Balaban J connectivity index is 1.84. The molecule has 1 atom stereocenters. The highest BCUT2D eigenvalue weighted by molar-refractivity contribution is 5.49. The molecule has 3 heteroatoms. The van der Waals surface area contributed by atoms with Crippen LogP contribution < -0.4 is 5.32 Å². The van der Waals surface area contributed by atoms with Gasteiger partial charge in [-0.25, -0.2) is 0 Å². The summed E-state index contributed by atoms with van der Waals surface area (Å²) in [5.74, 6) is 0.737. The van der Waals surface area contributed by atoms with E-state index in [0.717, 1.165) is 30.3 Å². The summed E-state index contributed by atoms with van der Waals surface area (Å²) in [6, 6.07) is 9.85. The fraction of sp³-hybridized carbons (Fsp3) is 0.500. The molecule has 0 saturated carbocycles. The van der Waals surface area contributed by atoms with E-state index < -0.39 is 0 Å². The molecule has 1 aromatic carbocycles. The van der Waals surface area contributed by atoms with Crippen molar-refractivity contribution in [1.29, 1.82) is 5.26 Å². The summed E-state index contributed by atoms with van der Waals surface area (Å²) in [4.78, 5) is 2.48. The van der Waals surface area contributed by atoms with Gasteiger partial charge in [-0.1, -0.05) is 13.0 Å². The third kappa shape index (κ3) is 3.21. The Morgan fingerprint density at radius 1 is 1.53 bits per heavy atom. The molecule has 1 saturated heterocycles. The molecule has 0 aromatic heterocycles. The molecular weight excluding hydrogens is 210 g/mol. The minimum atomic E-state index is 0.719. The van der Waals surface area contributed by atoms with Gasteiger partial charge >= 0.3 is 0 Å². The minimum absolute atomic E-state index is 0.719. The largest absolute Gasteiger partial charge is 0.385 e. The van der Waals surface area contributed by atoms with Crippen molar-refractivity contribution in [1.82, 2.24) is 4.90 Å². The molecule has 1 unspecified atom stereocenters. The number of nitrogens with one attached hydrogen (secondary N) is 1. The van der Waals surface area contributed by atoms with Crippen LogP contribution in [0.3, 0.4) is 0 Å². The van der Waals surface area contributed by atoms with E-state index >= 15 is 0 Å². The van der Waals surface area contributed by atoms with Crippen LogP contribution in [0, 0.1) is 17.2 Å². The van der Waals surface area contributed by atoms with Gasteiger partial charge in [0.25, 0.3) is 0 Å². The zero-order chi connectivity index (χ0) is 12.1. The van der Waals surface area contributed by atoms with Crippen molar-refractivity contribution in [3.63, 3.8) is 0 Å². The van der Waals surface area contributed by atoms with Crippen LogP contribution in [0.2, 0.25) is 0 Å². The van der Waals surface area contributed by atoms with Crippen LogP contribution in [-0.2, 0) is 0 Å². The zero-order valence-electron chi connectivity index (χ0n) is 10.3. The molecule has 0 aliphatic carbocycles. The van der Waals surface area contributed by atoms with E-state index in [1.807, 2.05) is 24.3 Å². The third-order valence-corrected chi connectivity index (χ3v) is 3.40. The van der Waals surface area contributed by atoms with Crippen LogP contribution >= 0.6 is 0 Å². The highest BCUT2D eigenvalue weighted by Crippen LogP contribution is 2.17. The maximum Gasteiger partial charge on any atom is 0.0992 e. The third-order valence-electron chi connectivity index (χ3n) is 3.40. The first-order valence-electron chi connectivity index (χ1n) is 6.28. The van der Waals surface area contributed by atoms with E-state index in [4.69, 9.17) is 5.26 Å². The second kappa shape index (κ2) is 5.70. The first-order valence-corrected chi connectivity index (χ1v) is 6.28. The molecule has 1 N–H and O–H groups in total. The normalized spacial score (nSPS) is 20.1. The SMILES string of the molecule is CCN1CCC(CNc2cccc(C#N)c2)C1. The summed E-state index contributed by atoms with van der Waals surface area (Å²) in [5, 5.41) is 12.3. The molecule has 0 bridgehead atoms. The van der Waals surface area contributed by atoms with Crippen LogP contribution in [0.4, 0.5) is 5.69 Å². The predicted molar refractivity (Wildman–Crippen MR) is 69.9 cm³/mol. The number of benzene rings is 1. The maximum absolute atomic E-state index is 8.82. The van der Waals surface area contributed by atoms with Gasteiger partial charge in [0, 0.05) is 18.8 Å². The fourth-order valence-electron chi connectivity index (χ4n) is 2.33. The summed E-state index contributed by atoms with van der Waals surface area (Å²) >= 11 is 0. The van der Waals surface area contributed by atoms with E-state index in [1.54, 1.807) is 0 Å². The second-order valence-corrected chi connectivity index (χ2v) is 4.62. The average Bonchev–Trinajstić information content (AvgIpc) is 2.84. The number of nitriles is 1. The summed E-state index contributed by atoms with van der Waals surface area (Å²) in [6.07, 6.45) is 1.28. The fourth-order valence-corrected chi connectivity index (χ4v) is 2.33. The molecule has 2 rings (SSSR count). The summed E-state index contributed by atoms with van der Waals surface area (Å²) < 4.78 is 0. The molecule has 0 amide bonds. The first kappa shape index (κ1) is 11.9. The highest BCUT2D eigenvalue weighted by Gasteiger charge is 2.20. The number of anilines is 1. The Bertz CT molecular complexity index is 408. The first-order chi connectivity index (χ1) is 8.31. The van der Waals surface area contributed by atoms with Gasteiger partial charge in [-0.2, -0.15) is 5.26 Å². The van der Waals surface area contributed by atoms with Crippen LogP contribution in [0.15, 0.2) is 24.3 Å². The lowest BCUT2D eigenvalue weighted by Gasteiger charge is -2.14. The number of nitrogens with zero attached hydrogens (tertiary/aromatic N) is 2. The van der Waals surface area contributed by atoms with Gasteiger partial charge in [0.15, 0.2) is 0 Å². The topological polar surface area (TPSA) is 39.1 Å². The molecule has 1 aliphatic heterocycles. The molecule has 3 nitrogen and oxygen atoms in total. The van der Waals surface area contributed by atoms with Gasteiger partial charge in [0.2, 0.25) is 0 Å². The van der Waals surface area contributed by atoms with E-state index in [2.05, 4.69) is 23.2 Å². The monoisotopic (exact) mass is 229 g/mol. The molecule has 1 aromatic rings. The van der Waals surface area contributed by atoms with E-state index in [9.17, 15) is 0 Å². The zero-order valence-corrected chi connectivity index (χ0v) is 10.3. The van der Waals surface area contributed by atoms with Gasteiger partial charge in [0.1, 0.15) is 0 Å². The van der Waals surface area contributed by atoms with Crippen molar-refractivity contribution < 1.29 is 0 Å². The van der Waals surface area contributed by atoms with E-state index in [1.165, 1.54) is 19.5 Å². The Labute approximate surface area is 103 Å². The van der Waals surface area contributed by atoms with Crippen LogP contribution in [0.1, 0.15) is 18.9 Å².